The SMILES string of the molecule is CCCCCCCCCCCCCC(=O)OC[C@H](COP(=O)(O)OC[C@H](O)COP(=O)(O)OC[C@@H](COC(=O)CCCCCCCCCCCCC(C)C)OC(=O)CCCCCCCCCCCCCCCCCCCCC(C)CC)OC(=O)CCCCCCCCCCCCC. The van der Waals surface area contributed by atoms with Gasteiger partial charge in [-0.05, 0) is 37.5 Å². The molecule has 3 unspecified atom stereocenters. The Morgan fingerprint density at radius 2 is 0.526 bits per heavy atom. The van der Waals surface area contributed by atoms with Gasteiger partial charge in [-0.1, -0.05) is 356 Å². The number of aliphatic hydroxyl groups is 1. The molecule has 0 amide bonds. The molecule has 0 bridgehead atoms. The highest BCUT2D eigenvalue weighted by molar-refractivity contribution is 7.47. The van der Waals surface area contributed by atoms with Gasteiger partial charge in [0, 0.05) is 25.7 Å². The van der Waals surface area contributed by atoms with Crippen molar-refractivity contribution in [3.05, 3.63) is 0 Å². The summed E-state index contributed by atoms with van der Waals surface area (Å²) in [6, 6.07) is 0. The number of phosphoric acid groups is 2. The first kappa shape index (κ1) is 95.1. The molecule has 0 saturated carbocycles. The second-order valence-electron chi connectivity index (χ2n) is 28.8. The average molecular weight is 1420 g/mol. The highest BCUT2D eigenvalue weighted by atomic mass is 31.2. The van der Waals surface area contributed by atoms with Gasteiger partial charge in [-0.25, -0.2) is 9.13 Å². The van der Waals surface area contributed by atoms with Crippen LogP contribution >= 0.6 is 15.6 Å². The van der Waals surface area contributed by atoms with Crippen LogP contribution in [0, 0.1) is 11.8 Å². The van der Waals surface area contributed by atoms with Gasteiger partial charge in [0.2, 0.25) is 0 Å². The van der Waals surface area contributed by atoms with Crippen LogP contribution in [0.1, 0.15) is 408 Å². The number of hydrogen-bond acceptors (Lipinski definition) is 15. The summed E-state index contributed by atoms with van der Waals surface area (Å²) >= 11 is 0. The number of unbranched alkanes of at least 4 members (excludes halogenated alkanes) is 46. The normalized spacial score (nSPS) is 14.2. The van der Waals surface area contributed by atoms with Crippen molar-refractivity contribution in [2.75, 3.05) is 39.6 Å². The molecule has 19 heteroatoms. The van der Waals surface area contributed by atoms with Crippen LogP contribution < -0.4 is 0 Å². The van der Waals surface area contributed by atoms with Crippen LogP contribution in [0.3, 0.4) is 0 Å². The van der Waals surface area contributed by atoms with E-state index in [0.717, 1.165) is 102 Å². The molecular weight excluding hydrogens is 1270 g/mol. The Labute approximate surface area is 594 Å². The van der Waals surface area contributed by atoms with Gasteiger partial charge in [-0.3, -0.25) is 37.3 Å². The summed E-state index contributed by atoms with van der Waals surface area (Å²) in [5, 5.41) is 10.6. The van der Waals surface area contributed by atoms with E-state index < -0.39 is 97.5 Å². The number of esters is 4. The van der Waals surface area contributed by atoms with Crippen molar-refractivity contribution in [1.82, 2.24) is 0 Å². The summed E-state index contributed by atoms with van der Waals surface area (Å²) in [6.07, 6.45) is 58.2. The fourth-order valence-corrected chi connectivity index (χ4v) is 13.6. The van der Waals surface area contributed by atoms with E-state index in [1.165, 1.54) is 225 Å². The highest BCUT2D eigenvalue weighted by Crippen LogP contribution is 2.45. The third kappa shape index (κ3) is 70.9. The lowest BCUT2D eigenvalue weighted by Crippen LogP contribution is -2.30. The lowest BCUT2D eigenvalue weighted by Gasteiger charge is -2.21. The van der Waals surface area contributed by atoms with Crippen LogP contribution in [0.5, 0.6) is 0 Å². The number of aliphatic hydroxyl groups excluding tert-OH is 1. The lowest BCUT2D eigenvalue weighted by atomic mass is 9.99. The predicted molar refractivity (Wildman–Crippen MR) is 395 cm³/mol. The Morgan fingerprint density at radius 3 is 0.784 bits per heavy atom. The lowest BCUT2D eigenvalue weighted by molar-refractivity contribution is -0.161. The van der Waals surface area contributed by atoms with E-state index in [0.29, 0.717) is 25.7 Å². The number of rotatable bonds is 77. The minimum absolute atomic E-state index is 0.107. The molecule has 0 aromatic heterocycles. The quantitative estimate of drug-likeness (QED) is 0.0222. The number of ether oxygens (including phenoxy) is 4. The van der Waals surface area contributed by atoms with Gasteiger partial charge in [0.15, 0.2) is 12.2 Å². The van der Waals surface area contributed by atoms with Crippen LogP contribution in [-0.4, -0.2) is 96.7 Å². The Balaban J connectivity index is 5.19. The Morgan fingerprint density at radius 1 is 0.299 bits per heavy atom. The Hall–Kier alpha value is -1.94. The van der Waals surface area contributed by atoms with E-state index in [4.69, 9.17) is 37.0 Å². The molecular formula is C78H152O17P2. The zero-order valence-corrected chi connectivity index (χ0v) is 65.2. The molecule has 17 nitrogen and oxygen atoms in total. The molecule has 0 radical (unpaired) electrons. The van der Waals surface area contributed by atoms with Gasteiger partial charge >= 0.3 is 39.5 Å². The highest BCUT2D eigenvalue weighted by Gasteiger charge is 2.30. The van der Waals surface area contributed by atoms with Crippen LogP contribution in [0.15, 0.2) is 0 Å². The number of carbonyl (C=O) groups excluding carboxylic acids is 4. The van der Waals surface area contributed by atoms with Crippen molar-refractivity contribution < 1.29 is 80.2 Å². The summed E-state index contributed by atoms with van der Waals surface area (Å²) in [6.45, 7) is 9.66. The molecule has 0 aliphatic rings. The minimum Gasteiger partial charge on any atom is -0.462 e. The summed E-state index contributed by atoms with van der Waals surface area (Å²) < 4.78 is 68.5. The second kappa shape index (κ2) is 69.8. The number of phosphoric ester groups is 2. The molecule has 3 N–H and O–H groups in total. The minimum atomic E-state index is -4.96. The maximum Gasteiger partial charge on any atom is 0.472 e. The predicted octanol–water partition coefficient (Wildman–Crippen LogP) is 23.1. The van der Waals surface area contributed by atoms with Crippen molar-refractivity contribution in [3.8, 4) is 0 Å². The van der Waals surface area contributed by atoms with Crippen molar-refractivity contribution >= 4 is 39.5 Å². The fraction of sp³-hybridized carbons (Fsp3) is 0.949. The summed E-state index contributed by atoms with van der Waals surface area (Å²) in [4.78, 5) is 72.8. The van der Waals surface area contributed by atoms with Crippen LogP contribution in [0.25, 0.3) is 0 Å². The van der Waals surface area contributed by atoms with E-state index >= 15 is 0 Å². The molecule has 0 aliphatic carbocycles. The molecule has 0 aromatic carbocycles. The molecule has 0 heterocycles. The van der Waals surface area contributed by atoms with Crippen molar-refractivity contribution in [1.29, 1.82) is 0 Å². The first-order chi connectivity index (χ1) is 46.9. The first-order valence-corrected chi connectivity index (χ1v) is 43.5. The molecule has 97 heavy (non-hydrogen) atoms. The van der Waals surface area contributed by atoms with E-state index in [1.807, 2.05) is 0 Å². The van der Waals surface area contributed by atoms with Gasteiger partial charge in [-0.2, -0.15) is 0 Å². The molecule has 0 fully saturated rings. The maximum atomic E-state index is 13.1. The molecule has 0 saturated heterocycles. The fourth-order valence-electron chi connectivity index (χ4n) is 12.0. The molecule has 6 atom stereocenters. The van der Waals surface area contributed by atoms with E-state index in [1.54, 1.807) is 0 Å². The van der Waals surface area contributed by atoms with Crippen LogP contribution in [0.4, 0.5) is 0 Å². The molecule has 0 rings (SSSR count). The average Bonchev–Trinajstić information content (AvgIpc) is 1.72. The topological polar surface area (TPSA) is 237 Å². The zero-order chi connectivity index (χ0) is 71.4. The first-order valence-electron chi connectivity index (χ1n) is 40.5. The van der Waals surface area contributed by atoms with Gasteiger partial charge in [0.05, 0.1) is 26.4 Å². The third-order valence-corrected chi connectivity index (χ3v) is 20.5. The van der Waals surface area contributed by atoms with Gasteiger partial charge in [0.1, 0.15) is 19.3 Å². The van der Waals surface area contributed by atoms with Crippen LogP contribution in [-0.2, 0) is 65.4 Å². The summed E-state index contributed by atoms with van der Waals surface area (Å²) in [5.74, 6) is -0.483. The number of hydrogen-bond donors (Lipinski definition) is 3. The van der Waals surface area contributed by atoms with Crippen molar-refractivity contribution in [2.45, 2.75) is 426 Å². The molecule has 0 spiro atoms. The van der Waals surface area contributed by atoms with E-state index in [-0.39, 0.29) is 25.7 Å². The van der Waals surface area contributed by atoms with Crippen molar-refractivity contribution in [2.24, 2.45) is 11.8 Å². The number of carbonyl (C=O) groups is 4. The monoisotopic (exact) mass is 1420 g/mol. The third-order valence-electron chi connectivity index (χ3n) is 18.6. The largest absolute Gasteiger partial charge is 0.472 e. The smallest absolute Gasteiger partial charge is 0.462 e. The Bertz CT molecular complexity index is 1870. The molecule has 0 aromatic rings. The summed E-state index contributed by atoms with van der Waals surface area (Å²) in [7, 11) is -9.91. The van der Waals surface area contributed by atoms with E-state index in [9.17, 15) is 43.2 Å². The van der Waals surface area contributed by atoms with E-state index in [2.05, 4.69) is 41.5 Å². The van der Waals surface area contributed by atoms with Gasteiger partial charge in [0.25, 0.3) is 0 Å². The zero-order valence-electron chi connectivity index (χ0n) is 63.4. The Kier molecular flexibility index (Phi) is 68.4. The summed E-state index contributed by atoms with van der Waals surface area (Å²) in [5.41, 5.74) is 0. The second-order valence-corrected chi connectivity index (χ2v) is 31.7. The standard InChI is InChI=1S/C78H152O17P2/c1-7-10-12-14-16-18-28-36-42-48-54-60-75(80)88-66-73(94-77(82)62-56-50-44-38-29-19-17-15-13-11-8-2)68-92-96(84,85)90-64-72(79)65-91-97(86,87)93-69-74(67-89-76(81)61-55-49-43-37-33-32-34-40-46-52-58-70(4)5)95-78(83)63-57-51-45-39-31-27-25-23-21-20-22-24-26-30-35-41-47-53-59-71(6)9-3/h70-74,79H,7-69H2,1-6H3,(H,84,85)(H,86,87)/t71?,72-,73+,74+/m0/s1. The molecule has 576 valence electrons. The van der Waals surface area contributed by atoms with Crippen LogP contribution in [0.2, 0.25) is 0 Å². The maximum absolute atomic E-state index is 13.1. The van der Waals surface area contributed by atoms with Gasteiger partial charge in [-0.15, -0.1) is 0 Å². The molecule has 0 aliphatic heterocycles. The van der Waals surface area contributed by atoms with Crippen molar-refractivity contribution in [3.63, 3.8) is 0 Å². The van der Waals surface area contributed by atoms with Gasteiger partial charge < -0.3 is 33.8 Å².